The number of halogens is 2. The van der Waals surface area contributed by atoms with Crippen LogP contribution in [0.25, 0.3) is 6.08 Å². The molecule has 0 saturated carbocycles. The molecule has 0 radical (unpaired) electrons. The Morgan fingerprint density at radius 1 is 1.13 bits per heavy atom. The lowest BCUT2D eigenvalue weighted by Gasteiger charge is -2.23. The molecule has 1 amide bonds. The highest BCUT2D eigenvalue weighted by Crippen LogP contribution is 2.25. The predicted octanol–water partition coefficient (Wildman–Crippen LogP) is 3.79. The summed E-state index contributed by atoms with van der Waals surface area (Å²) in [5, 5.41) is 0. The second-order valence-corrected chi connectivity index (χ2v) is 5.19. The molecule has 1 aliphatic heterocycles. The minimum atomic E-state index is -0.739. The monoisotopic (exact) mass is 315 g/mol. The zero-order valence-corrected chi connectivity index (χ0v) is 12.3. The zero-order valence-electron chi connectivity index (χ0n) is 12.3. The number of hydrogen-bond acceptors (Lipinski definition) is 2. The van der Waals surface area contributed by atoms with Crippen LogP contribution in [0.3, 0.4) is 0 Å². The van der Waals surface area contributed by atoms with Gasteiger partial charge in [-0.3, -0.25) is 4.79 Å². The van der Waals surface area contributed by atoms with E-state index in [4.69, 9.17) is 4.74 Å². The predicted molar refractivity (Wildman–Crippen MR) is 84.3 cm³/mol. The van der Waals surface area contributed by atoms with Gasteiger partial charge in [-0.1, -0.05) is 30.4 Å². The highest BCUT2D eigenvalue weighted by Gasteiger charge is 2.19. The van der Waals surface area contributed by atoms with Gasteiger partial charge in [0.1, 0.15) is 17.4 Å². The van der Waals surface area contributed by atoms with Crippen LogP contribution in [0.4, 0.5) is 14.5 Å². The first-order chi connectivity index (χ1) is 11.1. The standard InChI is InChI=1S/C18H15F2NO2/c19-14-9-15(20)11-16(10-14)23-12-18(22)21-8-4-3-6-13-5-1-2-7-17(13)21/h1-3,5-7,9-11H,4,8,12H2. The van der Waals surface area contributed by atoms with Crippen LogP contribution in [0.2, 0.25) is 0 Å². The Morgan fingerprint density at radius 3 is 2.65 bits per heavy atom. The number of hydrogen-bond donors (Lipinski definition) is 0. The van der Waals surface area contributed by atoms with Gasteiger partial charge in [-0.15, -0.1) is 0 Å². The number of fused-ring (bicyclic) bond motifs is 1. The lowest BCUT2D eigenvalue weighted by atomic mass is 10.1. The van der Waals surface area contributed by atoms with Crippen LogP contribution < -0.4 is 9.64 Å². The average Bonchev–Trinajstić information content (AvgIpc) is 2.74. The molecular weight excluding hydrogens is 300 g/mol. The fourth-order valence-corrected chi connectivity index (χ4v) is 2.50. The normalized spacial score (nSPS) is 13.4. The van der Waals surface area contributed by atoms with Crippen LogP contribution in [0, 0.1) is 11.6 Å². The van der Waals surface area contributed by atoms with Crippen LogP contribution in [-0.4, -0.2) is 19.1 Å². The molecular formula is C18H15F2NO2. The molecule has 0 unspecified atom stereocenters. The summed E-state index contributed by atoms with van der Waals surface area (Å²) in [7, 11) is 0. The van der Waals surface area contributed by atoms with Gasteiger partial charge in [0.25, 0.3) is 5.91 Å². The highest BCUT2D eigenvalue weighted by atomic mass is 19.1. The van der Waals surface area contributed by atoms with Crippen molar-refractivity contribution >= 4 is 17.7 Å². The molecule has 2 aromatic carbocycles. The topological polar surface area (TPSA) is 29.5 Å². The van der Waals surface area contributed by atoms with E-state index in [9.17, 15) is 13.6 Å². The van der Waals surface area contributed by atoms with Gasteiger partial charge in [0, 0.05) is 24.7 Å². The van der Waals surface area contributed by atoms with E-state index in [1.807, 2.05) is 36.4 Å². The second-order valence-electron chi connectivity index (χ2n) is 5.19. The molecule has 3 rings (SSSR count). The molecule has 1 aliphatic rings. The molecule has 0 bridgehead atoms. The molecule has 23 heavy (non-hydrogen) atoms. The number of carbonyl (C=O) groups excluding carboxylic acids is 1. The number of amides is 1. The molecule has 0 aliphatic carbocycles. The quantitative estimate of drug-likeness (QED) is 0.862. The minimum Gasteiger partial charge on any atom is -0.484 e. The van der Waals surface area contributed by atoms with Gasteiger partial charge in [0.2, 0.25) is 0 Å². The van der Waals surface area contributed by atoms with E-state index in [2.05, 4.69) is 0 Å². The SMILES string of the molecule is O=C(COc1cc(F)cc(F)c1)N1CCC=Cc2ccccc21. The second kappa shape index (κ2) is 6.60. The molecule has 0 N–H and O–H groups in total. The summed E-state index contributed by atoms with van der Waals surface area (Å²) < 4.78 is 31.5. The first kappa shape index (κ1) is 15.2. The van der Waals surface area contributed by atoms with Crippen LogP contribution in [0.1, 0.15) is 12.0 Å². The van der Waals surface area contributed by atoms with E-state index >= 15 is 0 Å². The van der Waals surface area contributed by atoms with E-state index in [0.29, 0.717) is 6.54 Å². The summed E-state index contributed by atoms with van der Waals surface area (Å²) >= 11 is 0. The lowest BCUT2D eigenvalue weighted by molar-refractivity contribution is -0.120. The van der Waals surface area contributed by atoms with Crippen LogP contribution in [-0.2, 0) is 4.79 Å². The zero-order chi connectivity index (χ0) is 16.2. The van der Waals surface area contributed by atoms with Gasteiger partial charge in [-0.05, 0) is 18.1 Å². The number of carbonyl (C=O) groups is 1. The summed E-state index contributed by atoms with van der Waals surface area (Å²) in [5.41, 5.74) is 1.76. The van der Waals surface area contributed by atoms with Gasteiger partial charge < -0.3 is 9.64 Å². The Labute approximate surface area is 132 Å². The van der Waals surface area contributed by atoms with E-state index < -0.39 is 11.6 Å². The van der Waals surface area contributed by atoms with Crippen LogP contribution in [0.15, 0.2) is 48.5 Å². The van der Waals surface area contributed by atoms with E-state index in [0.717, 1.165) is 35.9 Å². The third-order valence-electron chi connectivity index (χ3n) is 3.54. The Bertz CT molecular complexity index is 738. The molecule has 0 spiro atoms. The van der Waals surface area contributed by atoms with Crippen molar-refractivity contribution in [2.75, 3.05) is 18.1 Å². The maximum Gasteiger partial charge on any atom is 0.264 e. The molecule has 5 heteroatoms. The Kier molecular flexibility index (Phi) is 4.37. The summed E-state index contributed by atoms with van der Waals surface area (Å²) in [6.07, 6.45) is 4.72. The van der Waals surface area contributed by atoms with Crippen molar-refractivity contribution in [2.45, 2.75) is 6.42 Å². The molecule has 0 aromatic heterocycles. The van der Waals surface area contributed by atoms with Crippen molar-refractivity contribution in [3.8, 4) is 5.75 Å². The smallest absolute Gasteiger partial charge is 0.264 e. The van der Waals surface area contributed by atoms with Gasteiger partial charge in [0.05, 0.1) is 5.69 Å². The maximum absolute atomic E-state index is 13.1. The molecule has 0 saturated heterocycles. The van der Waals surface area contributed by atoms with Crippen molar-refractivity contribution in [1.29, 1.82) is 0 Å². The summed E-state index contributed by atoms with van der Waals surface area (Å²) in [5.74, 6) is -1.74. The largest absolute Gasteiger partial charge is 0.484 e. The number of rotatable bonds is 3. The van der Waals surface area contributed by atoms with Crippen molar-refractivity contribution in [3.63, 3.8) is 0 Å². The van der Waals surface area contributed by atoms with E-state index in [1.165, 1.54) is 0 Å². The Morgan fingerprint density at radius 2 is 1.87 bits per heavy atom. The number of para-hydroxylation sites is 1. The first-order valence-electron chi connectivity index (χ1n) is 7.28. The number of nitrogens with zero attached hydrogens (tertiary/aromatic N) is 1. The third-order valence-corrected chi connectivity index (χ3v) is 3.54. The molecule has 2 aromatic rings. The van der Waals surface area contributed by atoms with Crippen molar-refractivity contribution in [1.82, 2.24) is 0 Å². The van der Waals surface area contributed by atoms with Crippen LogP contribution in [0.5, 0.6) is 5.75 Å². The third kappa shape index (κ3) is 3.56. The maximum atomic E-state index is 13.1. The molecule has 1 heterocycles. The fourth-order valence-electron chi connectivity index (χ4n) is 2.50. The number of ether oxygens (including phenoxy) is 1. The molecule has 3 nitrogen and oxygen atoms in total. The lowest BCUT2D eigenvalue weighted by Crippen LogP contribution is -2.35. The molecule has 0 fully saturated rings. The van der Waals surface area contributed by atoms with E-state index in [1.54, 1.807) is 4.90 Å². The van der Waals surface area contributed by atoms with Gasteiger partial charge >= 0.3 is 0 Å². The average molecular weight is 315 g/mol. The fraction of sp³-hybridized carbons (Fsp3) is 0.167. The summed E-state index contributed by atoms with van der Waals surface area (Å²) in [6, 6.07) is 10.4. The number of anilines is 1. The molecule has 118 valence electrons. The van der Waals surface area contributed by atoms with E-state index in [-0.39, 0.29) is 18.3 Å². The van der Waals surface area contributed by atoms with Crippen molar-refractivity contribution in [3.05, 3.63) is 65.7 Å². The summed E-state index contributed by atoms with van der Waals surface area (Å²) in [4.78, 5) is 14.1. The van der Waals surface area contributed by atoms with Crippen molar-refractivity contribution in [2.24, 2.45) is 0 Å². The molecule has 0 atom stereocenters. The van der Waals surface area contributed by atoms with Gasteiger partial charge in [-0.2, -0.15) is 0 Å². The highest BCUT2D eigenvalue weighted by molar-refractivity contribution is 5.96. The van der Waals surface area contributed by atoms with Crippen molar-refractivity contribution < 1.29 is 18.3 Å². The summed E-state index contributed by atoms with van der Waals surface area (Å²) in [6.45, 7) is 0.254. The van der Waals surface area contributed by atoms with Gasteiger partial charge in [0.15, 0.2) is 6.61 Å². The Hall–Kier alpha value is -2.69. The number of benzene rings is 2. The Balaban J connectivity index is 1.74. The minimum absolute atomic E-state index is 0.00270. The first-order valence-corrected chi connectivity index (χ1v) is 7.28. The van der Waals surface area contributed by atoms with Gasteiger partial charge in [-0.25, -0.2) is 8.78 Å². The van der Waals surface area contributed by atoms with Crippen LogP contribution >= 0.6 is 0 Å².